The fourth-order valence-corrected chi connectivity index (χ4v) is 2.38. The normalized spacial score (nSPS) is 10.4. The Morgan fingerprint density at radius 1 is 1.04 bits per heavy atom. The zero-order chi connectivity index (χ0) is 16.8. The van der Waals surface area contributed by atoms with Gasteiger partial charge in [-0.3, -0.25) is 4.79 Å². The van der Waals surface area contributed by atoms with Crippen molar-refractivity contribution < 1.29 is 4.79 Å². The van der Waals surface area contributed by atoms with Gasteiger partial charge in [-0.25, -0.2) is 9.97 Å². The second-order valence-corrected chi connectivity index (χ2v) is 5.86. The van der Waals surface area contributed by atoms with Crippen molar-refractivity contribution >= 4 is 11.9 Å². The summed E-state index contributed by atoms with van der Waals surface area (Å²) in [5, 5.41) is 0. The summed E-state index contributed by atoms with van der Waals surface area (Å²) in [6.07, 6.45) is 0.441. The Bertz CT molecular complexity index is 637. The van der Waals surface area contributed by atoms with Crippen LogP contribution in [0.25, 0.3) is 0 Å². The molecule has 1 aromatic carbocycles. The smallest absolute Gasteiger partial charge is 0.225 e. The number of aromatic nitrogens is 2. The molecule has 0 saturated heterocycles. The van der Waals surface area contributed by atoms with E-state index in [9.17, 15) is 4.79 Å². The molecule has 0 aliphatic rings. The van der Waals surface area contributed by atoms with E-state index in [1.54, 1.807) is 4.90 Å². The van der Waals surface area contributed by atoms with E-state index in [4.69, 9.17) is 0 Å². The Kier molecular flexibility index (Phi) is 5.68. The SMILES string of the molecule is Cc1cc(C)nc(N(C)CCC(=O)N(C)Cc2ccccc2)n1. The second-order valence-electron chi connectivity index (χ2n) is 5.86. The van der Waals surface area contributed by atoms with Crippen LogP contribution in [0.15, 0.2) is 36.4 Å². The summed E-state index contributed by atoms with van der Waals surface area (Å²) in [6, 6.07) is 11.9. The number of anilines is 1. The van der Waals surface area contributed by atoms with E-state index in [0.29, 0.717) is 25.5 Å². The molecule has 0 saturated carbocycles. The van der Waals surface area contributed by atoms with Crippen LogP contribution in [-0.4, -0.2) is 41.4 Å². The molecule has 0 radical (unpaired) electrons. The van der Waals surface area contributed by atoms with Gasteiger partial charge in [0.15, 0.2) is 0 Å². The number of hydrogen-bond donors (Lipinski definition) is 0. The predicted octanol–water partition coefficient (Wildman–Crippen LogP) is 2.58. The van der Waals surface area contributed by atoms with Crippen LogP contribution in [-0.2, 0) is 11.3 Å². The third-order valence-electron chi connectivity index (χ3n) is 3.66. The highest BCUT2D eigenvalue weighted by atomic mass is 16.2. The molecule has 2 rings (SSSR count). The monoisotopic (exact) mass is 312 g/mol. The van der Waals surface area contributed by atoms with Crippen LogP contribution in [0.1, 0.15) is 23.4 Å². The van der Waals surface area contributed by atoms with E-state index in [-0.39, 0.29) is 5.91 Å². The van der Waals surface area contributed by atoms with Crippen LogP contribution in [0.5, 0.6) is 0 Å². The molecular weight excluding hydrogens is 288 g/mol. The number of aryl methyl sites for hydroxylation is 2. The Hall–Kier alpha value is -2.43. The molecule has 0 fully saturated rings. The van der Waals surface area contributed by atoms with Gasteiger partial charge in [-0.05, 0) is 25.5 Å². The third-order valence-corrected chi connectivity index (χ3v) is 3.66. The fraction of sp³-hybridized carbons (Fsp3) is 0.389. The van der Waals surface area contributed by atoms with Crippen LogP contribution in [0, 0.1) is 13.8 Å². The minimum absolute atomic E-state index is 0.116. The molecule has 2 aromatic rings. The van der Waals surface area contributed by atoms with Crippen molar-refractivity contribution in [2.45, 2.75) is 26.8 Å². The highest BCUT2D eigenvalue weighted by Gasteiger charge is 2.12. The average Bonchev–Trinajstić information content (AvgIpc) is 2.52. The molecule has 122 valence electrons. The van der Waals surface area contributed by atoms with E-state index in [1.165, 1.54) is 0 Å². The zero-order valence-electron chi connectivity index (χ0n) is 14.3. The second kappa shape index (κ2) is 7.72. The summed E-state index contributed by atoms with van der Waals surface area (Å²) in [4.78, 5) is 24.8. The number of nitrogens with zero attached hydrogens (tertiary/aromatic N) is 4. The molecule has 0 aliphatic heterocycles. The molecule has 1 amide bonds. The van der Waals surface area contributed by atoms with Crippen molar-refractivity contribution in [1.82, 2.24) is 14.9 Å². The van der Waals surface area contributed by atoms with Gasteiger partial charge in [-0.2, -0.15) is 0 Å². The summed E-state index contributed by atoms with van der Waals surface area (Å²) >= 11 is 0. The van der Waals surface area contributed by atoms with Gasteiger partial charge in [0.2, 0.25) is 11.9 Å². The Morgan fingerprint density at radius 3 is 2.26 bits per heavy atom. The van der Waals surface area contributed by atoms with E-state index >= 15 is 0 Å². The van der Waals surface area contributed by atoms with Gasteiger partial charge >= 0.3 is 0 Å². The number of rotatable bonds is 6. The van der Waals surface area contributed by atoms with Crippen LogP contribution in [0.2, 0.25) is 0 Å². The van der Waals surface area contributed by atoms with E-state index in [1.807, 2.05) is 69.2 Å². The first-order valence-corrected chi connectivity index (χ1v) is 7.77. The zero-order valence-corrected chi connectivity index (χ0v) is 14.3. The van der Waals surface area contributed by atoms with Crippen molar-refractivity contribution in [2.75, 3.05) is 25.5 Å². The van der Waals surface area contributed by atoms with Crippen molar-refractivity contribution in [3.05, 3.63) is 53.3 Å². The van der Waals surface area contributed by atoms with Gasteiger partial charge in [0, 0.05) is 45.0 Å². The van der Waals surface area contributed by atoms with Crippen LogP contribution >= 0.6 is 0 Å². The van der Waals surface area contributed by atoms with Crippen molar-refractivity contribution in [3.8, 4) is 0 Å². The largest absolute Gasteiger partial charge is 0.343 e. The van der Waals surface area contributed by atoms with Gasteiger partial charge in [0.1, 0.15) is 0 Å². The summed E-state index contributed by atoms with van der Waals surface area (Å²) in [5.41, 5.74) is 3.01. The highest BCUT2D eigenvalue weighted by molar-refractivity contribution is 5.76. The number of benzene rings is 1. The summed E-state index contributed by atoms with van der Waals surface area (Å²) < 4.78 is 0. The topological polar surface area (TPSA) is 49.3 Å². The van der Waals surface area contributed by atoms with Crippen LogP contribution in [0.4, 0.5) is 5.95 Å². The van der Waals surface area contributed by atoms with Crippen LogP contribution < -0.4 is 4.90 Å². The lowest BCUT2D eigenvalue weighted by Crippen LogP contribution is -2.31. The van der Waals surface area contributed by atoms with Crippen molar-refractivity contribution in [1.29, 1.82) is 0 Å². The number of carbonyl (C=O) groups is 1. The summed E-state index contributed by atoms with van der Waals surface area (Å²) in [6.45, 7) is 5.12. The minimum Gasteiger partial charge on any atom is -0.343 e. The number of amides is 1. The molecule has 5 heteroatoms. The van der Waals surface area contributed by atoms with Gasteiger partial charge < -0.3 is 9.80 Å². The Morgan fingerprint density at radius 2 is 1.65 bits per heavy atom. The predicted molar refractivity (Wildman–Crippen MR) is 92.3 cm³/mol. The van der Waals surface area contributed by atoms with Gasteiger partial charge in [0.25, 0.3) is 0 Å². The molecule has 5 nitrogen and oxygen atoms in total. The third kappa shape index (κ3) is 5.06. The van der Waals surface area contributed by atoms with Gasteiger partial charge in [0.05, 0.1) is 0 Å². The molecule has 23 heavy (non-hydrogen) atoms. The average molecular weight is 312 g/mol. The van der Waals surface area contributed by atoms with E-state index in [2.05, 4.69) is 9.97 Å². The molecular formula is C18H24N4O. The fourth-order valence-electron chi connectivity index (χ4n) is 2.38. The quantitative estimate of drug-likeness (QED) is 0.822. The number of carbonyl (C=O) groups excluding carboxylic acids is 1. The van der Waals surface area contributed by atoms with Crippen molar-refractivity contribution in [2.24, 2.45) is 0 Å². The molecule has 0 aliphatic carbocycles. The van der Waals surface area contributed by atoms with Gasteiger partial charge in [-0.15, -0.1) is 0 Å². The summed E-state index contributed by atoms with van der Waals surface area (Å²) in [5.74, 6) is 0.783. The maximum atomic E-state index is 12.3. The lowest BCUT2D eigenvalue weighted by Gasteiger charge is -2.21. The first kappa shape index (κ1) is 16.9. The molecule has 0 N–H and O–H groups in total. The van der Waals surface area contributed by atoms with Gasteiger partial charge in [-0.1, -0.05) is 30.3 Å². The first-order chi connectivity index (χ1) is 11.0. The van der Waals surface area contributed by atoms with E-state index in [0.717, 1.165) is 17.0 Å². The molecule has 0 spiro atoms. The standard InChI is InChI=1S/C18H24N4O/c1-14-12-15(2)20-18(19-14)21(3)11-10-17(23)22(4)13-16-8-6-5-7-9-16/h5-9,12H,10-11,13H2,1-4H3. The van der Waals surface area contributed by atoms with Crippen LogP contribution in [0.3, 0.4) is 0 Å². The number of hydrogen-bond acceptors (Lipinski definition) is 4. The minimum atomic E-state index is 0.116. The molecule has 1 heterocycles. The Labute approximate surface area is 138 Å². The maximum absolute atomic E-state index is 12.3. The van der Waals surface area contributed by atoms with E-state index < -0.39 is 0 Å². The molecule has 0 unspecified atom stereocenters. The first-order valence-electron chi connectivity index (χ1n) is 7.77. The lowest BCUT2D eigenvalue weighted by atomic mass is 10.2. The lowest BCUT2D eigenvalue weighted by molar-refractivity contribution is -0.130. The Balaban J connectivity index is 1.88. The molecule has 1 aromatic heterocycles. The highest BCUT2D eigenvalue weighted by Crippen LogP contribution is 2.09. The maximum Gasteiger partial charge on any atom is 0.225 e. The molecule has 0 bridgehead atoms. The molecule has 0 atom stereocenters. The summed E-state index contributed by atoms with van der Waals surface area (Å²) in [7, 11) is 3.75. The van der Waals surface area contributed by atoms with Crippen molar-refractivity contribution in [3.63, 3.8) is 0 Å².